The van der Waals surface area contributed by atoms with Gasteiger partial charge in [-0.05, 0) is 31.5 Å². The quantitative estimate of drug-likeness (QED) is 0.737. The summed E-state index contributed by atoms with van der Waals surface area (Å²) in [5, 5.41) is 3.70. The van der Waals surface area contributed by atoms with E-state index in [-0.39, 0.29) is 11.3 Å². The van der Waals surface area contributed by atoms with Gasteiger partial charge in [0.1, 0.15) is 0 Å². The molecule has 0 saturated heterocycles. The third-order valence-electron chi connectivity index (χ3n) is 5.38. The van der Waals surface area contributed by atoms with Crippen molar-refractivity contribution in [1.82, 2.24) is 15.2 Å². The van der Waals surface area contributed by atoms with Crippen molar-refractivity contribution in [2.24, 2.45) is 0 Å². The van der Waals surface area contributed by atoms with Crippen LogP contribution in [0, 0.1) is 13.8 Å². The first-order valence-electron chi connectivity index (χ1n) is 9.68. The van der Waals surface area contributed by atoms with E-state index >= 15 is 0 Å². The summed E-state index contributed by atoms with van der Waals surface area (Å²) >= 11 is 0. The molecule has 28 heavy (non-hydrogen) atoms. The fraction of sp³-hybridized carbons (Fsp3) is 0.304. The number of hydrogen-bond acceptors (Lipinski definition) is 3. The van der Waals surface area contributed by atoms with E-state index in [1.165, 1.54) is 5.56 Å². The fourth-order valence-electron chi connectivity index (χ4n) is 3.75. The van der Waals surface area contributed by atoms with Gasteiger partial charge in [-0.1, -0.05) is 41.5 Å². The molecule has 2 N–H and O–H groups in total. The minimum absolute atomic E-state index is 0.0166. The number of aromatic nitrogens is 1. The summed E-state index contributed by atoms with van der Waals surface area (Å²) in [6.07, 6.45) is 0.750. The molecular weight excluding hydrogens is 350 g/mol. The van der Waals surface area contributed by atoms with E-state index in [0.29, 0.717) is 19.6 Å². The average Bonchev–Trinajstić information content (AvgIpc) is 2.69. The van der Waals surface area contributed by atoms with Gasteiger partial charge in [-0.25, -0.2) is 0 Å². The summed E-state index contributed by atoms with van der Waals surface area (Å²) in [7, 11) is 0. The van der Waals surface area contributed by atoms with Crippen molar-refractivity contribution < 1.29 is 4.79 Å². The SMILES string of the molecule is Cc1ccc(CNC(=O)CN2CCc3[nH]c4ccc(C)cc4c(=O)c3C2)cc1. The Morgan fingerprint density at radius 2 is 1.86 bits per heavy atom. The Morgan fingerprint density at radius 1 is 1.11 bits per heavy atom. The van der Waals surface area contributed by atoms with Crippen LogP contribution in [-0.2, 0) is 24.3 Å². The fourth-order valence-corrected chi connectivity index (χ4v) is 3.75. The lowest BCUT2D eigenvalue weighted by Crippen LogP contribution is -2.41. The van der Waals surface area contributed by atoms with E-state index in [2.05, 4.69) is 10.3 Å². The minimum atomic E-state index is -0.0166. The number of aryl methyl sites for hydroxylation is 2. The van der Waals surface area contributed by atoms with E-state index < -0.39 is 0 Å². The lowest BCUT2D eigenvalue weighted by Gasteiger charge is -2.28. The summed E-state index contributed by atoms with van der Waals surface area (Å²) in [4.78, 5) is 30.8. The predicted molar refractivity (Wildman–Crippen MR) is 111 cm³/mol. The highest BCUT2D eigenvalue weighted by molar-refractivity contribution is 5.80. The van der Waals surface area contributed by atoms with Gasteiger partial charge in [0.05, 0.1) is 6.54 Å². The first-order valence-corrected chi connectivity index (χ1v) is 9.68. The number of rotatable bonds is 4. The van der Waals surface area contributed by atoms with Crippen molar-refractivity contribution in [3.63, 3.8) is 0 Å². The maximum atomic E-state index is 12.9. The minimum Gasteiger partial charge on any atom is -0.358 e. The number of carbonyl (C=O) groups excluding carboxylic acids is 1. The molecule has 5 nitrogen and oxygen atoms in total. The highest BCUT2D eigenvalue weighted by atomic mass is 16.2. The van der Waals surface area contributed by atoms with Crippen molar-refractivity contribution in [3.05, 3.63) is 80.6 Å². The molecule has 144 valence electrons. The molecule has 5 heteroatoms. The third-order valence-corrected chi connectivity index (χ3v) is 5.38. The van der Waals surface area contributed by atoms with Crippen molar-refractivity contribution in [3.8, 4) is 0 Å². The largest absolute Gasteiger partial charge is 0.358 e. The van der Waals surface area contributed by atoms with Gasteiger partial charge in [-0.3, -0.25) is 14.5 Å². The Bertz CT molecular complexity index is 1080. The van der Waals surface area contributed by atoms with Crippen LogP contribution in [0.5, 0.6) is 0 Å². The number of pyridine rings is 1. The number of nitrogens with one attached hydrogen (secondary N) is 2. The third kappa shape index (κ3) is 3.85. The van der Waals surface area contributed by atoms with Gasteiger partial charge in [-0.2, -0.15) is 0 Å². The van der Waals surface area contributed by atoms with Crippen molar-refractivity contribution in [1.29, 1.82) is 0 Å². The average molecular weight is 375 g/mol. The zero-order valence-electron chi connectivity index (χ0n) is 16.3. The molecule has 1 amide bonds. The summed E-state index contributed by atoms with van der Waals surface area (Å²) in [6.45, 7) is 6.13. The highest BCUT2D eigenvalue weighted by Gasteiger charge is 2.22. The highest BCUT2D eigenvalue weighted by Crippen LogP contribution is 2.19. The number of amides is 1. The molecule has 0 spiro atoms. The van der Waals surface area contributed by atoms with Gasteiger partial charge in [0.2, 0.25) is 5.91 Å². The predicted octanol–water partition coefficient (Wildman–Crippen LogP) is 2.82. The van der Waals surface area contributed by atoms with Gasteiger partial charge in [0, 0.05) is 48.2 Å². The van der Waals surface area contributed by atoms with Gasteiger partial charge in [0.25, 0.3) is 0 Å². The summed E-state index contributed by atoms with van der Waals surface area (Å²) in [5.41, 5.74) is 6.11. The number of fused-ring (bicyclic) bond motifs is 2. The molecular formula is C23H25N3O2. The summed E-state index contributed by atoms with van der Waals surface area (Å²) < 4.78 is 0. The molecule has 2 aromatic carbocycles. The van der Waals surface area contributed by atoms with E-state index in [9.17, 15) is 9.59 Å². The Kier molecular flexibility index (Phi) is 5.01. The smallest absolute Gasteiger partial charge is 0.234 e. The lowest BCUT2D eigenvalue weighted by atomic mass is 10.0. The van der Waals surface area contributed by atoms with Crippen LogP contribution < -0.4 is 10.7 Å². The number of aromatic amines is 1. The zero-order valence-corrected chi connectivity index (χ0v) is 16.3. The molecule has 0 aliphatic carbocycles. The van der Waals surface area contributed by atoms with E-state index in [4.69, 9.17) is 0 Å². The van der Waals surface area contributed by atoms with Crippen LogP contribution in [0.4, 0.5) is 0 Å². The molecule has 1 aliphatic heterocycles. The van der Waals surface area contributed by atoms with Gasteiger partial charge in [0.15, 0.2) is 5.43 Å². The summed E-state index contributed by atoms with van der Waals surface area (Å²) in [5.74, 6) is -0.0166. The standard InChI is InChI=1S/C23H25N3O2/c1-15-3-6-17(7-4-15)12-24-22(27)14-26-10-9-21-19(13-26)23(28)18-11-16(2)5-8-20(18)25-21/h3-8,11H,9-10,12-14H2,1-2H3,(H,24,27)(H,25,28). The Balaban J connectivity index is 1.44. The number of carbonyl (C=O) groups is 1. The molecule has 4 rings (SSSR count). The number of benzene rings is 2. The number of hydrogen-bond donors (Lipinski definition) is 2. The lowest BCUT2D eigenvalue weighted by molar-refractivity contribution is -0.122. The Hall–Kier alpha value is -2.92. The molecule has 1 aromatic heterocycles. The van der Waals surface area contributed by atoms with Crippen LogP contribution in [0.15, 0.2) is 47.3 Å². The van der Waals surface area contributed by atoms with Crippen LogP contribution in [-0.4, -0.2) is 28.9 Å². The van der Waals surface area contributed by atoms with Crippen molar-refractivity contribution in [2.75, 3.05) is 13.1 Å². The molecule has 0 radical (unpaired) electrons. The maximum absolute atomic E-state index is 12.9. The van der Waals surface area contributed by atoms with Crippen LogP contribution in [0.3, 0.4) is 0 Å². The topological polar surface area (TPSA) is 65.2 Å². The molecule has 2 heterocycles. The molecule has 0 bridgehead atoms. The van der Waals surface area contributed by atoms with Crippen LogP contribution in [0.25, 0.3) is 10.9 Å². The van der Waals surface area contributed by atoms with Gasteiger partial charge < -0.3 is 10.3 Å². The Morgan fingerprint density at radius 3 is 2.64 bits per heavy atom. The van der Waals surface area contributed by atoms with Crippen LogP contribution in [0.1, 0.15) is 27.9 Å². The normalized spacial score (nSPS) is 14.1. The monoisotopic (exact) mass is 375 g/mol. The Labute approximate surface area is 164 Å². The van der Waals surface area contributed by atoms with Crippen molar-refractivity contribution in [2.45, 2.75) is 33.4 Å². The van der Waals surface area contributed by atoms with Crippen LogP contribution >= 0.6 is 0 Å². The van der Waals surface area contributed by atoms with Gasteiger partial charge in [-0.15, -0.1) is 0 Å². The second kappa shape index (κ2) is 7.60. The molecule has 0 unspecified atom stereocenters. The van der Waals surface area contributed by atoms with E-state index in [1.807, 2.05) is 61.2 Å². The van der Waals surface area contributed by atoms with E-state index in [1.54, 1.807) is 0 Å². The van der Waals surface area contributed by atoms with Crippen molar-refractivity contribution >= 4 is 16.8 Å². The molecule has 0 fully saturated rings. The second-order valence-electron chi connectivity index (χ2n) is 7.68. The molecule has 0 saturated carbocycles. The molecule has 3 aromatic rings. The van der Waals surface area contributed by atoms with Crippen LogP contribution in [0.2, 0.25) is 0 Å². The molecule has 0 atom stereocenters. The summed E-state index contributed by atoms with van der Waals surface area (Å²) in [6, 6.07) is 14.1. The number of H-pyrrole nitrogens is 1. The van der Waals surface area contributed by atoms with Gasteiger partial charge >= 0.3 is 0 Å². The number of nitrogens with zero attached hydrogens (tertiary/aromatic N) is 1. The first kappa shape index (κ1) is 18.4. The second-order valence-corrected chi connectivity index (χ2v) is 7.68. The molecule has 1 aliphatic rings. The first-order chi connectivity index (χ1) is 13.5. The zero-order chi connectivity index (χ0) is 19.7. The van der Waals surface area contributed by atoms with E-state index in [0.717, 1.165) is 46.3 Å². The maximum Gasteiger partial charge on any atom is 0.234 e.